The van der Waals surface area contributed by atoms with E-state index in [1.54, 1.807) is 4.68 Å². The highest BCUT2D eigenvalue weighted by Crippen LogP contribution is 2.27. The fourth-order valence-corrected chi connectivity index (χ4v) is 3.90. The highest BCUT2D eigenvalue weighted by Gasteiger charge is 2.17. The number of piperazine rings is 1. The van der Waals surface area contributed by atoms with Crippen molar-refractivity contribution in [2.24, 2.45) is 7.05 Å². The number of aryl methyl sites for hydroxylation is 1. The Bertz CT molecular complexity index is 1240. The van der Waals surface area contributed by atoms with Crippen LogP contribution < -0.4 is 5.32 Å². The lowest BCUT2D eigenvalue weighted by Crippen LogP contribution is -2.46. The van der Waals surface area contributed by atoms with Crippen LogP contribution in [0.2, 0.25) is 0 Å². The summed E-state index contributed by atoms with van der Waals surface area (Å²) in [6.07, 6.45) is 7.78. The van der Waals surface area contributed by atoms with Crippen molar-refractivity contribution in [3.8, 4) is 11.1 Å². The average molecular weight is 412 g/mol. The van der Waals surface area contributed by atoms with Gasteiger partial charge in [0, 0.05) is 55.9 Å². The Morgan fingerprint density at radius 2 is 1.81 bits per heavy atom. The zero-order valence-corrected chi connectivity index (χ0v) is 17.4. The number of H-pyrrole nitrogens is 1. The monoisotopic (exact) mass is 412 g/mol. The number of aromatic amines is 1. The van der Waals surface area contributed by atoms with E-state index < -0.39 is 0 Å². The van der Waals surface area contributed by atoms with E-state index in [1.165, 1.54) is 0 Å². The zero-order chi connectivity index (χ0) is 21.2. The predicted octanol–water partition coefficient (Wildman–Crippen LogP) is 3.18. The molecule has 2 aromatic carbocycles. The summed E-state index contributed by atoms with van der Waals surface area (Å²) < 4.78 is 1.77. The van der Waals surface area contributed by atoms with Gasteiger partial charge in [0.2, 0.25) is 0 Å². The second kappa shape index (κ2) is 8.20. The lowest BCUT2D eigenvalue weighted by Gasteiger charge is -2.27. The van der Waals surface area contributed by atoms with Crippen LogP contribution in [0.3, 0.4) is 0 Å². The van der Waals surface area contributed by atoms with Crippen molar-refractivity contribution in [3.05, 3.63) is 71.7 Å². The molecule has 1 aliphatic rings. The van der Waals surface area contributed by atoms with Gasteiger partial charge >= 0.3 is 0 Å². The van der Waals surface area contributed by atoms with Crippen LogP contribution in [-0.4, -0.2) is 57.0 Å². The number of aromatic nitrogens is 4. The molecule has 0 unspecified atom stereocenters. The number of benzene rings is 2. The first kappa shape index (κ1) is 19.3. The first-order valence-corrected chi connectivity index (χ1v) is 10.4. The third-order valence-corrected chi connectivity index (χ3v) is 5.62. The van der Waals surface area contributed by atoms with Gasteiger partial charge in [-0.15, -0.1) is 0 Å². The van der Waals surface area contributed by atoms with Crippen LogP contribution in [0.15, 0.2) is 54.9 Å². The van der Waals surface area contributed by atoms with E-state index in [0.717, 1.165) is 65.0 Å². The zero-order valence-electron chi connectivity index (χ0n) is 17.4. The summed E-state index contributed by atoms with van der Waals surface area (Å²) in [5.74, 6) is 0.0983. The smallest absolute Gasteiger partial charge is 0.253 e. The Balaban J connectivity index is 1.39. The molecule has 4 aromatic rings. The molecule has 0 aliphatic carbocycles. The number of fused-ring (bicyclic) bond motifs is 1. The Morgan fingerprint density at radius 3 is 2.55 bits per heavy atom. The van der Waals surface area contributed by atoms with Crippen molar-refractivity contribution in [3.63, 3.8) is 0 Å². The number of amides is 1. The van der Waals surface area contributed by atoms with E-state index in [1.807, 2.05) is 66.8 Å². The lowest BCUT2D eigenvalue weighted by atomic mass is 10.0. The first-order chi connectivity index (χ1) is 15.2. The summed E-state index contributed by atoms with van der Waals surface area (Å²) in [5.41, 5.74) is 5.79. The molecule has 31 heavy (non-hydrogen) atoms. The van der Waals surface area contributed by atoms with Crippen LogP contribution >= 0.6 is 0 Å². The van der Waals surface area contributed by atoms with E-state index in [-0.39, 0.29) is 5.91 Å². The molecule has 7 nitrogen and oxygen atoms in total. The molecular formula is C24H24N6O. The third-order valence-electron chi connectivity index (χ3n) is 5.62. The van der Waals surface area contributed by atoms with Crippen molar-refractivity contribution < 1.29 is 4.79 Å². The van der Waals surface area contributed by atoms with Crippen LogP contribution in [0.5, 0.6) is 0 Å². The van der Waals surface area contributed by atoms with Crippen molar-refractivity contribution in [2.45, 2.75) is 0 Å². The molecule has 0 bridgehead atoms. The fourth-order valence-electron chi connectivity index (χ4n) is 3.90. The van der Waals surface area contributed by atoms with Crippen LogP contribution in [0.1, 0.15) is 21.6 Å². The topological polar surface area (TPSA) is 78.8 Å². The van der Waals surface area contributed by atoms with Gasteiger partial charge in [0.15, 0.2) is 0 Å². The largest absolute Gasteiger partial charge is 0.336 e. The molecule has 1 aliphatic heterocycles. The number of hydrogen-bond acceptors (Lipinski definition) is 4. The van der Waals surface area contributed by atoms with Crippen LogP contribution in [0, 0.1) is 0 Å². The summed E-state index contributed by atoms with van der Waals surface area (Å²) in [6, 6.07) is 14.1. The van der Waals surface area contributed by atoms with Gasteiger partial charge in [-0.1, -0.05) is 18.2 Å². The van der Waals surface area contributed by atoms with Crippen molar-refractivity contribution in [1.82, 2.24) is 30.2 Å². The maximum atomic E-state index is 12.7. The second-order valence-electron chi connectivity index (χ2n) is 7.77. The van der Waals surface area contributed by atoms with Gasteiger partial charge in [-0.05, 0) is 47.5 Å². The van der Waals surface area contributed by atoms with Crippen molar-refractivity contribution in [2.75, 3.05) is 26.2 Å². The summed E-state index contributed by atoms with van der Waals surface area (Å²) in [5, 5.41) is 16.1. The molecule has 7 heteroatoms. The van der Waals surface area contributed by atoms with Gasteiger partial charge in [0.05, 0.1) is 17.4 Å². The Hall–Kier alpha value is -3.71. The van der Waals surface area contributed by atoms with E-state index >= 15 is 0 Å². The second-order valence-corrected chi connectivity index (χ2v) is 7.77. The number of nitrogens with one attached hydrogen (secondary N) is 2. The predicted molar refractivity (Wildman–Crippen MR) is 122 cm³/mol. The van der Waals surface area contributed by atoms with Crippen LogP contribution in [-0.2, 0) is 7.05 Å². The summed E-state index contributed by atoms with van der Waals surface area (Å²) in [6.45, 7) is 3.22. The minimum Gasteiger partial charge on any atom is -0.336 e. The summed E-state index contributed by atoms with van der Waals surface area (Å²) >= 11 is 0. The molecule has 1 saturated heterocycles. The molecule has 1 amide bonds. The molecule has 2 aromatic heterocycles. The third kappa shape index (κ3) is 4.00. The molecule has 3 heterocycles. The molecule has 0 atom stereocenters. The standard InChI is InChI=1S/C24H24N6O/c1-29-16-17(15-26-29)2-8-22-21-14-20(7-9-23(21)28-27-22)18-3-5-19(6-4-18)24(31)30-12-10-25-11-13-30/h2-9,14-16,25H,10-13H2,1H3,(H,27,28)/b8-2+. The maximum Gasteiger partial charge on any atom is 0.253 e. The van der Waals surface area contributed by atoms with E-state index in [4.69, 9.17) is 0 Å². The normalized spacial score (nSPS) is 14.5. The van der Waals surface area contributed by atoms with Crippen molar-refractivity contribution >= 4 is 29.0 Å². The summed E-state index contributed by atoms with van der Waals surface area (Å²) in [4.78, 5) is 14.6. The molecule has 0 spiro atoms. The SMILES string of the molecule is Cn1cc(/C=C/c2n[nH]c3ccc(-c4ccc(C(=O)N5CCNCC5)cc4)cc23)cn1. The molecule has 2 N–H and O–H groups in total. The Kier molecular flexibility index (Phi) is 5.09. The van der Waals surface area contributed by atoms with Gasteiger partial charge in [-0.3, -0.25) is 14.6 Å². The molecule has 156 valence electrons. The van der Waals surface area contributed by atoms with Crippen LogP contribution in [0.4, 0.5) is 0 Å². The maximum absolute atomic E-state index is 12.7. The minimum atomic E-state index is 0.0983. The van der Waals surface area contributed by atoms with Gasteiger partial charge in [-0.25, -0.2) is 0 Å². The highest BCUT2D eigenvalue weighted by molar-refractivity contribution is 5.95. The fraction of sp³-hybridized carbons (Fsp3) is 0.208. The first-order valence-electron chi connectivity index (χ1n) is 10.4. The van der Waals surface area contributed by atoms with Gasteiger partial charge < -0.3 is 10.2 Å². The van der Waals surface area contributed by atoms with Gasteiger partial charge in [0.1, 0.15) is 0 Å². The highest BCUT2D eigenvalue weighted by atomic mass is 16.2. The quantitative estimate of drug-likeness (QED) is 0.540. The molecular weight excluding hydrogens is 388 g/mol. The lowest BCUT2D eigenvalue weighted by molar-refractivity contribution is 0.0736. The number of hydrogen-bond donors (Lipinski definition) is 2. The molecule has 1 fully saturated rings. The van der Waals surface area contributed by atoms with E-state index in [2.05, 4.69) is 32.7 Å². The minimum absolute atomic E-state index is 0.0983. The Labute approximate surface area is 180 Å². The molecule has 0 saturated carbocycles. The average Bonchev–Trinajstić information content (AvgIpc) is 3.43. The van der Waals surface area contributed by atoms with Gasteiger partial charge in [-0.2, -0.15) is 10.2 Å². The number of carbonyl (C=O) groups is 1. The Morgan fingerprint density at radius 1 is 1.03 bits per heavy atom. The molecule has 0 radical (unpaired) electrons. The number of carbonyl (C=O) groups excluding carboxylic acids is 1. The van der Waals surface area contributed by atoms with Crippen LogP contribution in [0.25, 0.3) is 34.2 Å². The molecule has 5 rings (SSSR count). The van der Waals surface area contributed by atoms with Crippen molar-refractivity contribution in [1.29, 1.82) is 0 Å². The number of nitrogens with zero attached hydrogens (tertiary/aromatic N) is 4. The summed E-state index contributed by atoms with van der Waals surface area (Å²) in [7, 11) is 1.90. The van der Waals surface area contributed by atoms with E-state index in [0.29, 0.717) is 0 Å². The van der Waals surface area contributed by atoms with E-state index in [9.17, 15) is 4.79 Å². The number of rotatable bonds is 4. The van der Waals surface area contributed by atoms with Gasteiger partial charge in [0.25, 0.3) is 5.91 Å².